The van der Waals surface area contributed by atoms with Gasteiger partial charge in [0.1, 0.15) is 11.4 Å². The third kappa shape index (κ3) is 3.05. The Morgan fingerprint density at radius 2 is 1.86 bits per heavy atom. The van der Waals surface area contributed by atoms with Crippen molar-refractivity contribution in [3.8, 4) is 17.3 Å². The molecule has 0 aliphatic rings. The first-order valence-electron chi connectivity index (χ1n) is 6.58. The lowest BCUT2D eigenvalue weighted by atomic mass is 10.3. The van der Waals surface area contributed by atoms with Crippen molar-refractivity contribution in [2.75, 3.05) is 0 Å². The molecule has 0 spiro atoms. The van der Waals surface area contributed by atoms with Gasteiger partial charge in [0, 0.05) is 0 Å². The van der Waals surface area contributed by atoms with E-state index in [2.05, 4.69) is 20.3 Å². The fraction of sp³-hybridized carbons (Fsp3) is 0.200. The molecule has 0 unspecified atom stereocenters. The van der Waals surface area contributed by atoms with Gasteiger partial charge in [0.05, 0.1) is 5.69 Å². The Bertz CT molecular complexity index is 710. The second-order valence-electron chi connectivity index (χ2n) is 4.59. The first-order chi connectivity index (χ1) is 10.2. The van der Waals surface area contributed by atoms with E-state index in [-0.39, 0.29) is 6.10 Å². The summed E-state index contributed by atoms with van der Waals surface area (Å²) in [6.07, 6.45) is -0.341. The van der Waals surface area contributed by atoms with E-state index < -0.39 is 0 Å². The molecular formula is C15H14N4O2. The number of para-hydroxylation sites is 1. The lowest BCUT2D eigenvalue weighted by Crippen LogP contribution is -2.03. The summed E-state index contributed by atoms with van der Waals surface area (Å²) in [6.45, 7) is 3.72. The van der Waals surface area contributed by atoms with Crippen molar-refractivity contribution < 1.29 is 9.26 Å². The van der Waals surface area contributed by atoms with E-state index in [4.69, 9.17) is 9.26 Å². The Labute approximate surface area is 121 Å². The molecule has 3 aromatic rings. The molecule has 2 heterocycles. The van der Waals surface area contributed by atoms with E-state index >= 15 is 0 Å². The van der Waals surface area contributed by atoms with Gasteiger partial charge in [0.15, 0.2) is 6.10 Å². The highest BCUT2D eigenvalue weighted by molar-refractivity contribution is 5.46. The van der Waals surface area contributed by atoms with Gasteiger partial charge < -0.3 is 9.26 Å². The maximum atomic E-state index is 5.74. The van der Waals surface area contributed by atoms with Gasteiger partial charge in [-0.2, -0.15) is 10.1 Å². The van der Waals surface area contributed by atoms with Crippen molar-refractivity contribution in [3.05, 3.63) is 54.0 Å². The smallest absolute Gasteiger partial charge is 0.267 e. The topological polar surface area (TPSA) is 73.9 Å². The molecule has 6 nitrogen and oxygen atoms in total. The Balaban J connectivity index is 1.76. The van der Waals surface area contributed by atoms with Crippen LogP contribution in [-0.4, -0.2) is 20.3 Å². The zero-order chi connectivity index (χ0) is 14.7. The molecule has 6 heteroatoms. The van der Waals surface area contributed by atoms with Crippen LogP contribution in [0.25, 0.3) is 11.5 Å². The Hall–Kier alpha value is -2.76. The van der Waals surface area contributed by atoms with E-state index in [1.54, 1.807) is 6.07 Å². The monoisotopic (exact) mass is 282 g/mol. The van der Waals surface area contributed by atoms with Crippen molar-refractivity contribution in [2.45, 2.75) is 20.0 Å². The molecule has 1 atom stereocenters. The predicted molar refractivity (Wildman–Crippen MR) is 75.5 cm³/mol. The molecule has 0 bridgehead atoms. The number of nitrogens with zero attached hydrogens (tertiary/aromatic N) is 4. The van der Waals surface area contributed by atoms with Crippen LogP contribution in [0, 0.1) is 6.92 Å². The summed E-state index contributed by atoms with van der Waals surface area (Å²) >= 11 is 0. The minimum Gasteiger partial charge on any atom is -0.481 e. The van der Waals surface area contributed by atoms with Crippen molar-refractivity contribution in [3.63, 3.8) is 0 Å². The number of aryl methyl sites for hydroxylation is 1. The molecule has 2 aromatic heterocycles. The van der Waals surface area contributed by atoms with Crippen LogP contribution in [0.4, 0.5) is 0 Å². The highest BCUT2D eigenvalue weighted by atomic mass is 16.5. The molecule has 21 heavy (non-hydrogen) atoms. The van der Waals surface area contributed by atoms with Crippen LogP contribution in [0.2, 0.25) is 0 Å². The number of hydrogen-bond acceptors (Lipinski definition) is 6. The summed E-state index contributed by atoms with van der Waals surface area (Å²) in [4.78, 5) is 4.30. The summed E-state index contributed by atoms with van der Waals surface area (Å²) in [5.74, 6) is 1.55. The summed E-state index contributed by atoms with van der Waals surface area (Å²) in [5, 5.41) is 11.9. The van der Waals surface area contributed by atoms with Crippen molar-refractivity contribution in [2.24, 2.45) is 0 Å². The molecular weight excluding hydrogens is 268 g/mol. The molecule has 0 fully saturated rings. The largest absolute Gasteiger partial charge is 0.481 e. The van der Waals surface area contributed by atoms with E-state index in [9.17, 15) is 0 Å². The van der Waals surface area contributed by atoms with Crippen LogP contribution in [0.5, 0.6) is 5.75 Å². The van der Waals surface area contributed by atoms with Crippen LogP contribution in [0.15, 0.2) is 47.0 Å². The third-order valence-electron chi connectivity index (χ3n) is 2.87. The van der Waals surface area contributed by atoms with Crippen molar-refractivity contribution >= 4 is 0 Å². The molecule has 0 saturated heterocycles. The molecule has 1 aromatic carbocycles. The van der Waals surface area contributed by atoms with Gasteiger partial charge in [-0.1, -0.05) is 23.4 Å². The molecule has 0 amide bonds. The summed E-state index contributed by atoms with van der Waals surface area (Å²) in [7, 11) is 0. The fourth-order valence-corrected chi connectivity index (χ4v) is 1.78. The summed E-state index contributed by atoms with van der Waals surface area (Å²) in [6, 6.07) is 13.1. The van der Waals surface area contributed by atoms with E-state index in [0.29, 0.717) is 17.4 Å². The van der Waals surface area contributed by atoms with Gasteiger partial charge >= 0.3 is 0 Å². The fourth-order valence-electron chi connectivity index (χ4n) is 1.78. The maximum Gasteiger partial charge on any atom is 0.267 e. The predicted octanol–water partition coefficient (Wildman–Crippen LogP) is 2.98. The van der Waals surface area contributed by atoms with Crippen molar-refractivity contribution in [1.82, 2.24) is 20.3 Å². The number of aromatic nitrogens is 4. The number of ether oxygens (including phenoxy) is 1. The molecule has 106 valence electrons. The molecule has 0 N–H and O–H groups in total. The molecule has 0 aliphatic carbocycles. The van der Waals surface area contributed by atoms with Crippen LogP contribution < -0.4 is 4.74 Å². The first kappa shape index (κ1) is 13.2. The Morgan fingerprint density at radius 3 is 2.57 bits per heavy atom. The normalized spacial score (nSPS) is 12.1. The minimum atomic E-state index is -0.341. The van der Waals surface area contributed by atoms with E-state index in [1.165, 1.54) is 0 Å². The van der Waals surface area contributed by atoms with Gasteiger partial charge in [0.25, 0.3) is 5.89 Å². The van der Waals surface area contributed by atoms with Gasteiger partial charge in [-0.25, -0.2) is 0 Å². The van der Waals surface area contributed by atoms with Crippen LogP contribution >= 0.6 is 0 Å². The average Bonchev–Trinajstić information content (AvgIpc) is 2.99. The Morgan fingerprint density at radius 1 is 1.05 bits per heavy atom. The van der Waals surface area contributed by atoms with Crippen LogP contribution in [-0.2, 0) is 0 Å². The zero-order valence-corrected chi connectivity index (χ0v) is 11.7. The molecule has 0 saturated carbocycles. The number of hydrogen-bond donors (Lipinski definition) is 0. The number of benzene rings is 1. The van der Waals surface area contributed by atoms with Gasteiger partial charge in [-0.05, 0) is 38.1 Å². The van der Waals surface area contributed by atoms with Gasteiger partial charge in [0.2, 0.25) is 5.82 Å². The second kappa shape index (κ2) is 5.70. The van der Waals surface area contributed by atoms with Gasteiger partial charge in [-0.15, -0.1) is 5.10 Å². The van der Waals surface area contributed by atoms with Crippen LogP contribution in [0.3, 0.4) is 0 Å². The van der Waals surface area contributed by atoms with Crippen LogP contribution in [0.1, 0.15) is 24.6 Å². The standard InChI is InChI=1S/C15H14N4O2/c1-10-8-9-13(18-17-10)14-16-15(21-19-14)11(2)20-12-6-4-3-5-7-12/h3-9,11H,1-2H3/t11-/m1/s1. The second-order valence-corrected chi connectivity index (χ2v) is 4.59. The first-order valence-corrected chi connectivity index (χ1v) is 6.58. The van der Waals surface area contributed by atoms with Crippen molar-refractivity contribution in [1.29, 1.82) is 0 Å². The van der Waals surface area contributed by atoms with E-state index in [1.807, 2.05) is 50.2 Å². The molecule has 3 rings (SSSR count). The lowest BCUT2D eigenvalue weighted by Gasteiger charge is -2.09. The quantitative estimate of drug-likeness (QED) is 0.732. The summed E-state index contributed by atoms with van der Waals surface area (Å²) in [5.41, 5.74) is 1.41. The Kier molecular flexibility index (Phi) is 3.59. The average molecular weight is 282 g/mol. The minimum absolute atomic E-state index is 0.341. The highest BCUT2D eigenvalue weighted by Crippen LogP contribution is 2.22. The molecule has 0 radical (unpaired) electrons. The summed E-state index contributed by atoms with van der Waals surface area (Å²) < 4.78 is 11.0. The third-order valence-corrected chi connectivity index (χ3v) is 2.87. The lowest BCUT2D eigenvalue weighted by molar-refractivity contribution is 0.176. The highest BCUT2D eigenvalue weighted by Gasteiger charge is 2.17. The maximum absolute atomic E-state index is 5.74. The molecule has 0 aliphatic heterocycles. The van der Waals surface area contributed by atoms with Gasteiger partial charge in [-0.3, -0.25) is 0 Å². The SMILES string of the molecule is Cc1ccc(-c2noc([C@@H](C)Oc3ccccc3)n2)nn1. The van der Waals surface area contributed by atoms with E-state index in [0.717, 1.165) is 11.4 Å². The number of rotatable bonds is 4. The zero-order valence-electron chi connectivity index (χ0n) is 11.7.